The number of anilines is 1. The van der Waals surface area contributed by atoms with Gasteiger partial charge in [-0.25, -0.2) is 4.68 Å². The van der Waals surface area contributed by atoms with Crippen LogP contribution in [0, 0.1) is 0 Å². The predicted octanol–water partition coefficient (Wildman–Crippen LogP) is 1.49. The predicted molar refractivity (Wildman–Crippen MR) is 65.4 cm³/mol. The van der Waals surface area contributed by atoms with E-state index in [9.17, 15) is 18.0 Å². The molecular weight excluding hydrogens is 291 g/mol. The van der Waals surface area contributed by atoms with E-state index in [0.29, 0.717) is 16.4 Å². The number of nitrogens with zero attached hydrogens (tertiary/aromatic N) is 4. The van der Waals surface area contributed by atoms with Crippen LogP contribution in [0.1, 0.15) is 16.2 Å². The van der Waals surface area contributed by atoms with Crippen LogP contribution in [-0.2, 0) is 24.7 Å². The third kappa shape index (κ3) is 3.40. The Labute approximate surface area is 117 Å². The van der Waals surface area contributed by atoms with Gasteiger partial charge in [0.15, 0.2) is 5.69 Å². The van der Waals surface area contributed by atoms with Crippen molar-refractivity contribution in [3.8, 4) is 0 Å². The summed E-state index contributed by atoms with van der Waals surface area (Å²) in [6.45, 7) is 0.192. The van der Waals surface area contributed by atoms with Crippen LogP contribution in [0.2, 0.25) is 0 Å². The van der Waals surface area contributed by atoms with Gasteiger partial charge in [0.25, 0.3) is 5.91 Å². The van der Waals surface area contributed by atoms with Gasteiger partial charge in [0, 0.05) is 20.2 Å². The van der Waals surface area contributed by atoms with Crippen LogP contribution in [0.5, 0.6) is 0 Å². The zero-order valence-corrected chi connectivity index (χ0v) is 11.2. The van der Waals surface area contributed by atoms with Gasteiger partial charge >= 0.3 is 6.18 Å². The Morgan fingerprint density at radius 3 is 2.76 bits per heavy atom. The van der Waals surface area contributed by atoms with Gasteiger partial charge in [-0.1, -0.05) is 0 Å². The highest BCUT2D eigenvalue weighted by Crippen LogP contribution is 2.29. The molecular formula is C11H12F3N5O2. The molecule has 1 N–H and O–H groups in total. The van der Waals surface area contributed by atoms with Crippen molar-refractivity contribution in [2.75, 3.05) is 12.4 Å². The molecule has 0 fully saturated rings. The molecule has 1 amide bonds. The first kappa shape index (κ1) is 15.0. The highest BCUT2D eigenvalue weighted by molar-refractivity contribution is 6.02. The molecule has 2 aromatic heterocycles. The van der Waals surface area contributed by atoms with Crippen molar-refractivity contribution < 1.29 is 22.7 Å². The Kier molecular flexibility index (Phi) is 3.98. The maximum absolute atomic E-state index is 12.6. The smallest absolute Gasteiger partial charge is 0.362 e. The molecule has 2 rings (SSSR count). The number of aromatic nitrogens is 4. The van der Waals surface area contributed by atoms with E-state index in [0.717, 1.165) is 7.05 Å². The number of rotatable bonds is 4. The lowest BCUT2D eigenvalue weighted by Crippen LogP contribution is -2.12. The average molecular weight is 303 g/mol. The highest BCUT2D eigenvalue weighted by Gasteiger charge is 2.35. The fourth-order valence-corrected chi connectivity index (χ4v) is 1.67. The quantitative estimate of drug-likeness (QED) is 0.928. The van der Waals surface area contributed by atoms with Crippen molar-refractivity contribution in [3.63, 3.8) is 0 Å². The van der Waals surface area contributed by atoms with Gasteiger partial charge in [-0.3, -0.25) is 9.48 Å². The number of hydrogen-bond donors (Lipinski definition) is 1. The number of aryl methyl sites for hydroxylation is 1. The molecule has 10 heteroatoms. The fourth-order valence-electron chi connectivity index (χ4n) is 1.67. The molecule has 0 saturated carbocycles. The van der Waals surface area contributed by atoms with Gasteiger partial charge in [-0.05, 0) is 0 Å². The fraction of sp³-hybridized carbons (Fsp3) is 0.364. The minimum atomic E-state index is -4.57. The summed E-state index contributed by atoms with van der Waals surface area (Å²) in [7, 11) is 2.60. The van der Waals surface area contributed by atoms with Crippen LogP contribution in [0.4, 0.5) is 18.9 Å². The Balaban J connectivity index is 2.13. The molecule has 114 valence electrons. The summed E-state index contributed by atoms with van der Waals surface area (Å²) >= 11 is 0. The van der Waals surface area contributed by atoms with Gasteiger partial charge in [-0.2, -0.15) is 23.4 Å². The largest absolute Gasteiger partial charge is 0.433 e. The van der Waals surface area contributed by atoms with Gasteiger partial charge in [-0.15, -0.1) is 0 Å². The van der Waals surface area contributed by atoms with Gasteiger partial charge in [0.1, 0.15) is 12.4 Å². The lowest BCUT2D eigenvalue weighted by molar-refractivity contribution is -0.143. The van der Waals surface area contributed by atoms with Gasteiger partial charge in [0.05, 0.1) is 18.1 Å². The van der Waals surface area contributed by atoms with Crippen LogP contribution < -0.4 is 5.32 Å². The number of amides is 1. The zero-order chi connectivity index (χ0) is 15.6. The summed E-state index contributed by atoms with van der Waals surface area (Å²) in [6.07, 6.45) is -1.73. The van der Waals surface area contributed by atoms with Crippen molar-refractivity contribution in [1.29, 1.82) is 0 Å². The molecule has 0 aliphatic heterocycles. The Morgan fingerprint density at radius 1 is 1.48 bits per heavy atom. The van der Waals surface area contributed by atoms with E-state index in [1.54, 1.807) is 0 Å². The molecule has 2 aromatic rings. The Bertz CT molecular complexity index is 647. The molecule has 0 saturated heterocycles. The average Bonchev–Trinajstić information content (AvgIpc) is 2.96. The molecule has 21 heavy (non-hydrogen) atoms. The lowest BCUT2D eigenvalue weighted by Gasteiger charge is -2.04. The van der Waals surface area contributed by atoms with E-state index in [-0.39, 0.29) is 12.4 Å². The second kappa shape index (κ2) is 5.56. The van der Waals surface area contributed by atoms with Crippen LogP contribution >= 0.6 is 0 Å². The van der Waals surface area contributed by atoms with Crippen molar-refractivity contribution in [3.05, 3.63) is 29.8 Å². The Hall–Kier alpha value is -2.36. The normalized spacial score (nSPS) is 11.7. The molecule has 0 radical (unpaired) electrons. The minimum absolute atomic E-state index is 0.192. The topological polar surface area (TPSA) is 74.0 Å². The van der Waals surface area contributed by atoms with Crippen molar-refractivity contribution in [2.24, 2.45) is 7.05 Å². The number of carbonyl (C=O) groups excluding carboxylic acids is 1. The second-order valence-corrected chi connectivity index (χ2v) is 4.18. The molecule has 0 aliphatic carbocycles. The first-order chi connectivity index (χ1) is 9.81. The molecule has 0 atom stereocenters. The number of ether oxygens (including phenoxy) is 1. The van der Waals surface area contributed by atoms with Crippen LogP contribution in [-0.4, -0.2) is 32.6 Å². The number of alkyl halides is 3. The summed E-state index contributed by atoms with van der Waals surface area (Å²) in [4.78, 5) is 11.9. The standard InChI is InChI=1S/C11H12F3N5O2/c1-18-9(11(12,13)14)3-8(17-18)10(20)16-7-4-15-19(5-7)6-21-2/h3-5H,6H2,1-2H3,(H,16,20). The van der Waals surface area contributed by atoms with E-state index in [4.69, 9.17) is 4.74 Å². The summed E-state index contributed by atoms with van der Waals surface area (Å²) in [6, 6.07) is 0.689. The van der Waals surface area contributed by atoms with E-state index in [1.807, 2.05) is 0 Å². The maximum atomic E-state index is 12.6. The number of halogens is 3. The van der Waals surface area contributed by atoms with E-state index in [2.05, 4.69) is 15.5 Å². The van der Waals surface area contributed by atoms with Gasteiger partial charge < -0.3 is 10.1 Å². The number of nitrogens with one attached hydrogen (secondary N) is 1. The summed E-state index contributed by atoms with van der Waals surface area (Å²) in [5.74, 6) is -0.752. The zero-order valence-electron chi connectivity index (χ0n) is 11.2. The molecule has 0 unspecified atom stereocenters. The van der Waals surface area contributed by atoms with Crippen molar-refractivity contribution in [1.82, 2.24) is 19.6 Å². The van der Waals surface area contributed by atoms with Gasteiger partial charge in [0.2, 0.25) is 0 Å². The first-order valence-electron chi connectivity index (χ1n) is 5.75. The van der Waals surface area contributed by atoms with E-state index in [1.165, 1.54) is 24.2 Å². The minimum Gasteiger partial charge on any atom is -0.362 e. The third-order valence-electron chi connectivity index (χ3n) is 2.56. The van der Waals surface area contributed by atoms with Crippen LogP contribution in [0.15, 0.2) is 18.5 Å². The summed E-state index contributed by atoms with van der Waals surface area (Å²) in [5, 5.41) is 9.84. The summed E-state index contributed by atoms with van der Waals surface area (Å²) in [5.41, 5.74) is -0.997. The van der Waals surface area contributed by atoms with Crippen LogP contribution in [0.25, 0.3) is 0 Å². The molecule has 0 spiro atoms. The molecule has 7 nitrogen and oxygen atoms in total. The van der Waals surface area contributed by atoms with E-state index < -0.39 is 17.8 Å². The molecule has 0 aromatic carbocycles. The van der Waals surface area contributed by atoms with E-state index >= 15 is 0 Å². The molecule has 2 heterocycles. The molecule has 0 aliphatic rings. The molecule has 0 bridgehead atoms. The Morgan fingerprint density at radius 2 is 2.19 bits per heavy atom. The van der Waals surface area contributed by atoms with Crippen molar-refractivity contribution >= 4 is 11.6 Å². The SMILES string of the molecule is COCn1cc(NC(=O)c2cc(C(F)(F)F)n(C)n2)cn1. The van der Waals surface area contributed by atoms with Crippen molar-refractivity contribution in [2.45, 2.75) is 12.9 Å². The maximum Gasteiger partial charge on any atom is 0.433 e. The third-order valence-corrected chi connectivity index (χ3v) is 2.56. The van der Waals surface area contributed by atoms with Crippen LogP contribution in [0.3, 0.4) is 0 Å². The monoisotopic (exact) mass is 303 g/mol. The second-order valence-electron chi connectivity index (χ2n) is 4.18. The lowest BCUT2D eigenvalue weighted by atomic mass is 10.3. The highest BCUT2D eigenvalue weighted by atomic mass is 19.4. The number of methoxy groups -OCH3 is 1. The number of carbonyl (C=O) groups is 1. The number of hydrogen-bond acceptors (Lipinski definition) is 4. The first-order valence-corrected chi connectivity index (χ1v) is 5.75. The summed E-state index contributed by atoms with van der Waals surface area (Å²) < 4.78 is 44.7.